The largest absolute Gasteiger partial charge is 0.481 e. The maximum atomic E-state index is 10.7. The molecule has 0 radical (unpaired) electrons. The minimum Gasteiger partial charge on any atom is -0.481 e. The molecule has 1 N–H and O–H groups in total. The van der Waals surface area contributed by atoms with Gasteiger partial charge >= 0.3 is 5.97 Å². The summed E-state index contributed by atoms with van der Waals surface area (Å²) in [6.07, 6.45) is 3.77. The first-order valence-electron chi connectivity index (χ1n) is 7.52. The van der Waals surface area contributed by atoms with E-state index in [-0.39, 0.29) is 6.42 Å². The van der Waals surface area contributed by atoms with E-state index in [0.29, 0.717) is 6.54 Å². The van der Waals surface area contributed by atoms with Crippen LogP contribution in [0.3, 0.4) is 0 Å². The summed E-state index contributed by atoms with van der Waals surface area (Å²) in [4.78, 5) is 15.3. The summed E-state index contributed by atoms with van der Waals surface area (Å²) in [6, 6.07) is 8.55. The summed E-state index contributed by atoms with van der Waals surface area (Å²) in [5.74, 6) is -0.736. The molecule has 110 valence electrons. The van der Waals surface area contributed by atoms with E-state index in [0.717, 1.165) is 31.7 Å². The Morgan fingerprint density at radius 2 is 1.85 bits per heavy atom. The average molecular weight is 276 g/mol. The molecule has 0 spiro atoms. The van der Waals surface area contributed by atoms with Crippen molar-refractivity contribution in [2.24, 2.45) is 0 Å². The normalized spacial score (nSPS) is 14.6. The molecule has 1 aromatic carbocycles. The first kappa shape index (κ1) is 14.7. The van der Waals surface area contributed by atoms with Crippen LogP contribution in [-0.4, -0.2) is 37.3 Å². The van der Waals surface area contributed by atoms with Crippen molar-refractivity contribution in [3.05, 3.63) is 24.3 Å². The summed E-state index contributed by atoms with van der Waals surface area (Å²) in [5, 5.41) is 8.83. The maximum Gasteiger partial charge on any atom is 0.305 e. The van der Waals surface area contributed by atoms with Crippen LogP contribution in [0.5, 0.6) is 0 Å². The highest BCUT2D eigenvalue weighted by Gasteiger charge is 2.13. The van der Waals surface area contributed by atoms with Crippen molar-refractivity contribution < 1.29 is 9.90 Å². The van der Waals surface area contributed by atoms with Crippen LogP contribution in [0.4, 0.5) is 11.4 Å². The highest BCUT2D eigenvalue weighted by Crippen LogP contribution is 2.24. The molecule has 0 saturated carbocycles. The van der Waals surface area contributed by atoms with Crippen LogP contribution in [0, 0.1) is 0 Å². The lowest BCUT2D eigenvalue weighted by Gasteiger charge is -2.25. The van der Waals surface area contributed by atoms with Gasteiger partial charge in [-0.15, -0.1) is 0 Å². The molecule has 1 fully saturated rings. The molecule has 0 aliphatic carbocycles. The van der Waals surface area contributed by atoms with Crippen LogP contribution in [0.15, 0.2) is 24.3 Å². The molecular weight excluding hydrogens is 252 g/mol. The second-order valence-electron chi connectivity index (χ2n) is 5.34. The van der Waals surface area contributed by atoms with E-state index in [1.807, 2.05) is 0 Å². The molecule has 1 saturated heterocycles. The van der Waals surface area contributed by atoms with Crippen LogP contribution < -0.4 is 9.80 Å². The van der Waals surface area contributed by atoms with Gasteiger partial charge in [0.2, 0.25) is 0 Å². The van der Waals surface area contributed by atoms with Gasteiger partial charge in [-0.2, -0.15) is 0 Å². The number of nitrogens with zero attached hydrogens (tertiary/aromatic N) is 2. The van der Waals surface area contributed by atoms with Crippen molar-refractivity contribution in [3.63, 3.8) is 0 Å². The Hall–Kier alpha value is -1.71. The second-order valence-corrected chi connectivity index (χ2v) is 5.34. The third-order valence-electron chi connectivity index (χ3n) is 3.78. The van der Waals surface area contributed by atoms with Gasteiger partial charge in [0.15, 0.2) is 0 Å². The zero-order valence-corrected chi connectivity index (χ0v) is 12.2. The average Bonchev–Trinajstić information content (AvgIpc) is 2.97. The van der Waals surface area contributed by atoms with E-state index in [2.05, 4.69) is 41.0 Å². The molecule has 4 heteroatoms. The van der Waals surface area contributed by atoms with Gasteiger partial charge in [-0.25, -0.2) is 0 Å². The van der Waals surface area contributed by atoms with E-state index in [1.54, 1.807) is 0 Å². The number of rotatable bonds is 7. The van der Waals surface area contributed by atoms with Gasteiger partial charge in [-0.1, -0.05) is 6.92 Å². The molecule has 0 aromatic heterocycles. The third-order valence-corrected chi connectivity index (χ3v) is 3.78. The van der Waals surface area contributed by atoms with Crippen LogP contribution >= 0.6 is 0 Å². The summed E-state index contributed by atoms with van der Waals surface area (Å²) in [6.45, 7) is 5.89. The molecule has 0 bridgehead atoms. The van der Waals surface area contributed by atoms with Crippen molar-refractivity contribution >= 4 is 17.3 Å². The molecule has 1 aromatic rings. The minimum atomic E-state index is -0.736. The molecular formula is C16H24N2O2. The van der Waals surface area contributed by atoms with E-state index in [1.165, 1.54) is 18.5 Å². The van der Waals surface area contributed by atoms with Gasteiger partial charge in [-0.3, -0.25) is 4.79 Å². The van der Waals surface area contributed by atoms with Crippen molar-refractivity contribution in [3.8, 4) is 0 Å². The quantitative estimate of drug-likeness (QED) is 0.831. The number of benzene rings is 1. The fourth-order valence-electron chi connectivity index (χ4n) is 2.72. The Bertz CT molecular complexity index is 425. The lowest BCUT2D eigenvalue weighted by Crippen LogP contribution is -2.27. The SMILES string of the molecule is CCCN(CCC(=O)O)c1ccc(N2CCCC2)cc1. The summed E-state index contributed by atoms with van der Waals surface area (Å²) < 4.78 is 0. The third kappa shape index (κ3) is 3.89. The van der Waals surface area contributed by atoms with Gasteiger partial charge in [0.05, 0.1) is 6.42 Å². The molecule has 1 heterocycles. The van der Waals surface area contributed by atoms with E-state index >= 15 is 0 Å². The predicted octanol–water partition coefficient (Wildman–Crippen LogP) is 2.98. The number of hydrogen-bond donors (Lipinski definition) is 1. The van der Waals surface area contributed by atoms with Crippen molar-refractivity contribution in [2.75, 3.05) is 36.0 Å². The van der Waals surface area contributed by atoms with E-state index in [4.69, 9.17) is 5.11 Å². The van der Waals surface area contributed by atoms with Crippen molar-refractivity contribution in [1.29, 1.82) is 0 Å². The smallest absolute Gasteiger partial charge is 0.305 e. The lowest BCUT2D eigenvalue weighted by molar-refractivity contribution is -0.136. The fourth-order valence-corrected chi connectivity index (χ4v) is 2.72. The van der Waals surface area contributed by atoms with E-state index < -0.39 is 5.97 Å². The zero-order chi connectivity index (χ0) is 14.4. The standard InChI is InChI=1S/C16H24N2O2/c1-2-10-17(13-9-16(19)20)14-5-7-15(8-6-14)18-11-3-4-12-18/h5-8H,2-4,9-13H2,1H3,(H,19,20). The number of hydrogen-bond acceptors (Lipinski definition) is 3. The highest BCUT2D eigenvalue weighted by molar-refractivity contribution is 5.68. The molecule has 0 amide bonds. The zero-order valence-electron chi connectivity index (χ0n) is 12.2. The molecule has 4 nitrogen and oxygen atoms in total. The first-order valence-corrected chi connectivity index (χ1v) is 7.52. The number of aliphatic carboxylic acids is 1. The van der Waals surface area contributed by atoms with Crippen LogP contribution in [-0.2, 0) is 4.79 Å². The van der Waals surface area contributed by atoms with Crippen molar-refractivity contribution in [1.82, 2.24) is 0 Å². The molecule has 1 aliphatic rings. The van der Waals surface area contributed by atoms with Crippen LogP contribution in [0.1, 0.15) is 32.6 Å². The summed E-state index contributed by atoms with van der Waals surface area (Å²) in [5.41, 5.74) is 2.40. The summed E-state index contributed by atoms with van der Waals surface area (Å²) in [7, 11) is 0. The first-order chi connectivity index (χ1) is 9.70. The Balaban J connectivity index is 2.02. The lowest BCUT2D eigenvalue weighted by atomic mass is 10.2. The molecule has 0 atom stereocenters. The summed E-state index contributed by atoms with van der Waals surface area (Å²) >= 11 is 0. The van der Waals surface area contributed by atoms with Crippen LogP contribution in [0.25, 0.3) is 0 Å². The van der Waals surface area contributed by atoms with Gasteiger partial charge in [-0.05, 0) is 43.5 Å². The van der Waals surface area contributed by atoms with Gasteiger partial charge in [0.1, 0.15) is 0 Å². The Morgan fingerprint density at radius 3 is 2.40 bits per heavy atom. The van der Waals surface area contributed by atoms with Gasteiger partial charge < -0.3 is 14.9 Å². The number of anilines is 2. The Morgan fingerprint density at radius 1 is 1.20 bits per heavy atom. The van der Waals surface area contributed by atoms with E-state index in [9.17, 15) is 4.79 Å². The molecule has 1 aliphatic heterocycles. The van der Waals surface area contributed by atoms with Gasteiger partial charge in [0.25, 0.3) is 0 Å². The van der Waals surface area contributed by atoms with Gasteiger partial charge in [0, 0.05) is 37.6 Å². The topological polar surface area (TPSA) is 43.8 Å². The molecule has 2 rings (SSSR count). The molecule has 20 heavy (non-hydrogen) atoms. The Kier molecular flexibility index (Phi) is 5.27. The minimum absolute atomic E-state index is 0.188. The number of carbonyl (C=O) groups is 1. The Labute approximate surface area is 121 Å². The maximum absolute atomic E-state index is 10.7. The van der Waals surface area contributed by atoms with Crippen LogP contribution in [0.2, 0.25) is 0 Å². The predicted molar refractivity (Wildman–Crippen MR) is 82.6 cm³/mol. The fraction of sp³-hybridized carbons (Fsp3) is 0.562. The van der Waals surface area contributed by atoms with Crippen molar-refractivity contribution in [2.45, 2.75) is 32.6 Å². The molecule has 0 unspecified atom stereocenters. The highest BCUT2D eigenvalue weighted by atomic mass is 16.4. The number of carboxylic acid groups (broad SMARTS) is 1. The second kappa shape index (κ2) is 7.17. The number of carboxylic acids is 1. The monoisotopic (exact) mass is 276 g/mol.